The van der Waals surface area contributed by atoms with Gasteiger partial charge in [-0.2, -0.15) is 0 Å². The summed E-state index contributed by atoms with van der Waals surface area (Å²) in [5.41, 5.74) is 1.23. The largest absolute Gasteiger partial charge is 0.373 e. The lowest BCUT2D eigenvalue weighted by molar-refractivity contribution is 0.656. The van der Waals surface area contributed by atoms with Gasteiger partial charge in [-0.25, -0.2) is 0 Å². The molecule has 0 saturated carbocycles. The maximum atomic E-state index is 4.56. The molecule has 0 saturated heterocycles. The van der Waals surface area contributed by atoms with Gasteiger partial charge in [0.2, 0.25) is 0 Å². The van der Waals surface area contributed by atoms with Gasteiger partial charge in [0.05, 0.1) is 0 Å². The van der Waals surface area contributed by atoms with Crippen LogP contribution in [0.15, 0.2) is 35.3 Å². The van der Waals surface area contributed by atoms with Crippen LogP contribution >= 0.6 is 24.0 Å². The van der Waals surface area contributed by atoms with Crippen molar-refractivity contribution in [1.29, 1.82) is 0 Å². The fourth-order valence-electron chi connectivity index (χ4n) is 1.77. The Kier molecular flexibility index (Phi) is 11.1. The molecule has 0 radical (unpaired) electrons. The van der Waals surface area contributed by atoms with Crippen LogP contribution in [0.25, 0.3) is 0 Å². The molecule has 0 aliphatic heterocycles. The van der Waals surface area contributed by atoms with E-state index in [0.29, 0.717) is 5.92 Å². The minimum atomic E-state index is 0. The molecule has 120 valence electrons. The van der Waals surface area contributed by atoms with E-state index in [2.05, 4.69) is 72.6 Å². The Bertz CT molecular complexity index is 393. The number of anilines is 1. The van der Waals surface area contributed by atoms with Crippen molar-refractivity contribution in [3.8, 4) is 0 Å². The average Bonchev–Trinajstić information content (AvgIpc) is 2.45. The predicted molar refractivity (Wildman–Crippen MR) is 104 cm³/mol. The molecule has 0 bridgehead atoms. The van der Waals surface area contributed by atoms with Crippen molar-refractivity contribution in [2.45, 2.75) is 20.8 Å². The molecule has 0 aromatic heterocycles. The third-order valence-electron chi connectivity index (χ3n) is 2.90. The SMILES string of the molecule is CCNC(=NCC(C)C)NCCN(C)c1ccccc1.I. The van der Waals surface area contributed by atoms with Crippen molar-refractivity contribution >= 4 is 35.6 Å². The van der Waals surface area contributed by atoms with Crippen molar-refractivity contribution in [1.82, 2.24) is 10.6 Å². The Morgan fingerprint density at radius 3 is 2.43 bits per heavy atom. The van der Waals surface area contributed by atoms with Crippen LogP contribution in [0.2, 0.25) is 0 Å². The highest BCUT2D eigenvalue weighted by Crippen LogP contribution is 2.09. The molecule has 0 fully saturated rings. The minimum Gasteiger partial charge on any atom is -0.373 e. The zero-order valence-corrected chi connectivity index (χ0v) is 15.9. The number of nitrogens with one attached hydrogen (secondary N) is 2. The van der Waals surface area contributed by atoms with Gasteiger partial charge in [0.1, 0.15) is 0 Å². The van der Waals surface area contributed by atoms with Gasteiger partial charge in [0.15, 0.2) is 5.96 Å². The summed E-state index contributed by atoms with van der Waals surface area (Å²) in [5, 5.41) is 6.65. The summed E-state index contributed by atoms with van der Waals surface area (Å²) in [5.74, 6) is 1.49. The minimum absolute atomic E-state index is 0. The van der Waals surface area contributed by atoms with E-state index < -0.39 is 0 Å². The lowest BCUT2D eigenvalue weighted by atomic mass is 10.2. The summed E-state index contributed by atoms with van der Waals surface area (Å²) in [6.07, 6.45) is 0. The smallest absolute Gasteiger partial charge is 0.191 e. The molecular formula is C16H29IN4. The zero-order valence-electron chi connectivity index (χ0n) is 13.6. The second kappa shape index (κ2) is 11.7. The molecule has 0 aliphatic rings. The molecule has 2 N–H and O–H groups in total. The molecule has 0 aliphatic carbocycles. The maximum absolute atomic E-state index is 4.56. The van der Waals surface area contributed by atoms with Crippen LogP contribution in [0.1, 0.15) is 20.8 Å². The van der Waals surface area contributed by atoms with E-state index in [4.69, 9.17) is 0 Å². The number of nitrogens with zero attached hydrogens (tertiary/aromatic N) is 2. The summed E-state index contributed by atoms with van der Waals surface area (Å²) < 4.78 is 0. The first kappa shape index (κ1) is 20.0. The molecular weight excluding hydrogens is 375 g/mol. The molecule has 0 spiro atoms. The van der Waals surface area contributed by atoms with E-state index in [1.807, 2.05) is 6.07 Å². The average molecular weight is 404 g/mol. The Hall–Kier alpha value is -0.980. The lowest BCUT2D eigenvalue weighted by Crippen LogP contribution is -2.41. The van der Waals surface area contributed by atoms with Crippen LogP contribution in [0, 0.1) is 5.92 Å². The maximum Gasteiger partial charge on any atom is 0.191 e. The fourth-order valence-corrected chi connectivity index (χ4v) is 1.77. The molecule has 0 atom stereocenters. The molecule has 21 heavy (non-hydrogen) atoms. The Morgan fingerprint density at radius 2 is 1.86 bits per heavy atom. The monoisotopic (exact) mass is 404 g/mol. The number of hydrogen-bond donors (Lipinski definition) is 2. The summed E-state index contributed by atoms with van der Waals surface area (Å²) in [6.45, 7) is 9.99. The van der Waals surface area contributed by atoms with Crippen molar-refractivity contribution in [3.63, 3.8) is 0 Å². The fraction of sp³-hybridized carbons (Fsp3) is 0.562. The van der Waals surface area contributed by atoms with E-state index in [0.717, 1.165) is 32.1 Å². The van der Waals surface area contributed by atoms with Crippen LogP contribution in [0.4, 0.5) is 5.69 Å². The zero-order chi connectivity index (χ0) is 14.8. The molecule has 5 heteroatoms. The van der Waals surface area contributed by atoms with Gasteiger partial charge >= 0.3 is 0 Å². The Morgan fingerprint density at radius 1 is 1.19 bits per heavy atom. The molecule has 0 unspecified atom stereocenters. The van der Waals surface area contributed by atoms with Crippen LogP contribution in [0.3, 0.4) is 0 Å². The topological polar surface area (TPSA) is 39.7 Å². The van der Waals surface area contributed by atoms with Gasteiger partial charge in [-0.15, -0.1) is 24.0 Å². The van der Waals surface area contributed by atoms with Crippen LogP contribution in [-0.4, -0.2) is 39.2 Å². The molecule has 1 aromatic carbocycles. The highest BCUT2D eigenvalue weighted by atomic mass is 127. The molecule has 4 nitrogen and oxygen atoms in total. The Balaban J connectivity index is 0.00000400. The number of likely N-dealkylation sites (N-methyl/N-ethyl adjacent to an activating group) is 1. The van der Waals surface area contributed by atoms with E-state index in [-0.39, 0.29) is 24.0 Å². The van der Waals surface area contributed by atoms with Gasteiger partial charge in [0.25, 0.3) is 0 Å². The quantitative estimate of drug-likeness (QED) is 0.417. The molecule has 1 aromatic rings. The third kappa shape index (κ3) is 8.80. The standard InChI is InChI=1S/C16H28N4.HI/c1-5-17-16(19-13-14(2)3)18-11-12-20(4)15-9-7-6-8-10-15;/h6-10,14H,5,11-13H2,1-4H3,(H2,17,18,19);1H. The number of guanidine groups is 1. The molecule has 0 heterocycles. The van der Waals surface area contributed by atoms with Crippen LogP contribution in [0.5, 0.6) is 0 Å². The number of para-hydroxylation sites is 1. The highest BCUT2D eigenvalue weighted by molar-refractivity contribution is 14.0. The summed E-state index contributed by atoms with van der Waals surface area (Å²) in [4.78, 5) is 6.79. The highest BCUT2D eigenvalue weighted by Gasteiger charge is 2.01. The Labute approximate surface area is 146 Å². The van der Waals surface area contributed by atoms with Crippen molar-refractivity contribution < 1.29 is 0 Å². The van der Waals surface area contributed by atoms with E-state index >= 15 is 0 Å². The number of benzene rings is 1. The first-order valence-electron chi connectivity index (χ1n) is 7.41. The second-order valence-electron chi connectivity index (χ2n) is 5.30. The summed E-state index contributed by atoms with van der Waals surface area (Å²) in [6, 6.07) is 10.4. The molecule has 1 rings (SSSR count). The first-order chi connectivity index (χ1) is 9.63. The van der Waals surface area contributed by atoms with Crippen LogP contribution < -0.4 is 15.5 Å². The predicted octanol–water partition coefficient (Wildman–Crippen LogP) is 2.95. The third-order valence-corrected chi connectivity index (χ3v) is 2.90. The van der Waals surface area contributed by atoms with Crippen LogP contribution in [-0.2, 0) is 0 Å². The lowest BCUT2D eigenvalue weighted by Gasteiger charge is -2.20. The van der Waals surface area contributed by atoms with Crippen molar-refractivity contribution in [2.75, 3.05) is 38.1 Å². The van der Waals surface area contributed by atoms with Gasteiger partial charge in [-0.1, -0.05) is 32.0 Å². The van der Waals surface area contributed by atoms with Gasteiger partial charge in [-0.05, 0) is 25.0 Å². The molecule has 0 amide bonds. The number of aliphatic imine (C=N–C) groups is 1. The normalized spacial score (nSPS) is 11.0. The van der Waals surface area contributed by atoms with E-state index in [1.165, 1.54) is 5.69 Å². The second-order valence-corrected chi connectivity index (χ2v) is 5.30. The number of rotatable bonds is 7. The summed E-state index contributed by atoms with van der Waals surface area (Å²) >= 11 is 0. The van der Waals surface area contributed by atoms with Gasteiger partial charge in [-0.3, -0.25) is 4.99 Å². The summed E-state index contributed by atoms with van der Waals surface area (Å²) in [7, 11) is 2.11. The number of halogens is 1. The van der Waals surface area contributed by atoms with Gasteiger partial charge < -0.3 is 15.5 Å². The van der Waals surface area contributed by atoms with E-state index in [1.54, 1.807) is 0 Å². The van der Waals surface area contributed by atoms with Gasteiger partial charge in [0, 0.05) is 38.9 Å². The van der Waals surface area contributed by atoms with Crippen molar-refractivity contribution in [3.05, 3.63) is 30.3 Å². The first-order valence-corrected chi connectivity index (χ1v) is 7.41. The van der Waals surface area contributed by atoms with Crippen molar-refractivity contribution in [2.24, 2.45) is 10.9 Å². The number of hydrogen-bond acceptors (Lipinski definition) is 2. The van der Waals surface area contributed by atoms with E-state index in [9.17, 15) is 0 Å².